The van der Waals surface area contributed by atoms with Crippen molar-refractivity contribution >= 4 is 45.4 Å². The fraction of sp³-hybridized carbons (Fsp3) is 0.265. The van der Waals surface area contributed by atoms with Crippen LogP contribution in [0.4, 0.5) is 11.4 Å². The highest BCUT2D eigenvalue weighted by Gasteiger charge is 2.31. The third kappa shape index (κ3) is 5.91. The van der Waals surface area contributed by atoms with E-state index in [1.54, 1.807) is 11.3 Å². The van der Waals surface area contributed by atoms with E-state index in [9.17, 15) is 9.59 Å². The molecule has 43 heavy (non-hydrogen) atoms. The van der Waals surface area contributed by atoms with E-state index in [1.165, 1.54) is 16.1 Å². The molecule has 4 heterocycles. The van der Waals surface area contributed by atoms with Crippen LogP contribution in [0.1, 0.15) is 6.42 Å². The summed E-state index contributed by atoms with van der Waals surface area (Å²) in [6, 6.07) is 28.7. The van der Waals surface area contributed by atoms with Crippen molar-refractivity contribution in [2.45, 2.75) is 6.42 Å². The molecule has 0 unspecified atom stereocenters. The lowest BCUT2D eigenvalue weighted by molar-refractivity contribution is -0.132. The van der Waals surface area contributed by atoms with E-state index in [2.05, 4.69) is 67.1 Å². The molecule has 2 aliphatic rings. The number of likely N-dealkylation sites (tertiary alicyclic amines) is 1. The summed E-state index contributed by atoms with van der Waals surface area (Å²) in [5.74, 6) is -0.00162. The van der Waals surface area contributed by atoms with Gasteiger partial charge in [-0.1, -0.05) is 48.5 Å². The number of nitrogens with one attached hydrogen (secondary N) is 2. The maximum atomic E-state index is 13.2. The largest absolute Gasteiger partial charge is 0.368 e. The van der Waals surface area contributed by atoms with Gasteiger partial charge < -0.3 is 15.1 Å². The minimum atomic E-state index is -0.145. The molecule has 7 rings (SSSR count). The number of hydrogen-bond donors (Lipinski definition) is 2. The number of fused-ring (bicyclic) bond motifs is 1. The first-order chi connectivity index (χ1) is 21.1. The predicted octanol–water partition coefficient (Wildman–Crippen LogP) is 5.57. The molecule has 2 amide bonds. The summed E-state index contributed by atoms with van der Waals surface area (Å²) in [6.07, 6.45) is 0.747. The van der Waals surface area contributed by atoms with Gasteiger partial charge in [-0.2, -0.15) is 5.10 Å². The predicted molar refractivity (Wildman–Crippen MR) is 173 cm³/mol. The van der Waals surface area contributed by atoms with E-state index in [0.717, 1.165) is 53.9 Å². The van der Waals surface area contributed by atoms with Crippen LogP contribution in [0.2, 0.25) is 0 Å². The summed E-state index contributed by atoms with van der Waals surface area (Å²) in [5.41, 5.74) is 6.01. The summed E-state index contributed by atoms with van der Waals surface area (Å²) in [7, 11) is 0. The molecule has 8 nitrogen and oxygen atoms in total. The first-order valence-corrected chi connectivity index (χ1v) is 15.7. The van der Waals surface area contributed by atoms with Crippen LogP contribution in [0.3, 0.4) is 0 Å². The lowest BCUT2D eigenvalue weighted by Crippen LogP contribution is -2.51. The van der Waals surface area contributed by atoms with Crippen LogP contribution in [0.15, 0.2) is 90.3 Å². The topological polar surface area (TPSA) is 84.6 Å². The summed E-state index contributed by atoms with van der Waals surface area (Å²) < 4.78 is 0. The van der Waals surface area contributed by atoms with E-state index in [-0.39, 0.29) is 17.7 Å². The lowest BCUT2D eigenvalue weighted by Gasteiger charge is -2.37. The zero-order valence-electron chi connectivity index (χ0n) is 23.9. The Morgan fingerprint density at radius 3 is 2.53 bits per heavy atom. The smallest absolute Gasteiger partial charge is 0.236 e. The van der Waals surface area contributed by atoms with Crippen molar-refractivity contribution in [3.63, 3.8) is 0 Å². The second-order valence-electron chi connectivity index (χ2n) is 11.3. The maximum Gasteiger partial charge on any atom is 0.236 e. The summed E-state index contributed by atoms with van der Waals surface area (Å²) >= 11 is 1.75. The molecule has 0 spiro atoms. The normalized spacial score (nSPS) is 17.4. The van der Waals surface area contributed by atoms with Crippen LogP contribution in [-0.2, 0) is 9.59 Å². The number of carbonyl (C=O) groups is 2. The molecule has 2 aromatic heterocycles. The van der Waals surface area contributed by atoms with E-state index >= 15 is 0 Å². The van der Waals surface area contributed by atoms with Crippen LogP contribution in [-0.4, -0.2) is 77.6 Å². The van der Waals surface area contributed by atoms with E-state index in [0.29, 0.717) is 26.2 Å². The Kier molecular flexibility index (Phi) is 7.65. The number of rotatable bonds is 7. The van der Waals surface area contributed by atoms with Crippen LogP contribution < -0.4 is 10.2 Å². The van der Waals surface area contributed by atoms with Crippen molar-refractivity contribution in [3.8, 4) is 21.7 Å². The molecular weight excluding hydrogens is 556 g/mol. The van der Waals surface area contributed by atoms with Gasteiger partial charge >= 0.3 is 0 Å². The molecule has 2 N–H and O–H groups in total. The second kappa shape index (κ2) is 12.0. The van der Waals surface area contributed by atoms with Gasteiger partial charge in [0.25, 0.3) is 0 Å². The molecule has 2 saturated heterocycles. The van der Waals surface area contributed by atoms with Gasteiger partial charge in [0.05, 0.1) is 23.7 Å². The molecule has 5 aromatic rings. The molecule has 0 bridgehead atoms. The number of hydrogen-bond acceptors (Lipinski definition) is 6. The number of amides is 2. The van der Waals surface area contributed by atoms with Crippen molar-refractivity contribution in [1.29, 1.82) is 0 Å². The molecule has 3 aromatic carbocycles. The van der Waals surface area contributed by atoms with E-state index in [4.69, 9.17) is 0 Å². The lowest BCUT2D eigenvalue weighted by atomic mass is 10.1. The van der Waals surface area contributed by atoms with Gasteiger partial charge in [0.2, 0.25) is 11.8 Å². The van der Waals surface area contributed by atoms with Gasteiger partial charge in [0, 0.05) is 59.9 Å². The summed E-state index contributed by atoms with van der Waals surface area (Å²) in [6.45, 7) is 4.76. The molecule has 2 aliphatic heterocycles. The SMILES string of the molecule is O=C(Nc1ccc2[nH]nc(-c3ccccc3)c2c1)[C@@H]1CCN(CC(=O)N2CCN(c3cccc(-c4cccs4)c3)CC2)C1. The number of carbonyl (C=O) groups excluding carboxylic acids is 2. The first kappa shape index (κ1) is 27.4. The number of nitrogens with zero attached hydrogens (tertiary/aromatic N) is 4. The Labute approximate surface area is 254 Å². The minimum Gasteiger partial charge on any atom is -0.368 e. The molecule has 218 valence electrons. The van der Waals surface area contributed by atoms with Crippen LogP contribution in [0.5, 0.6) is 0 Å². The quantitative estimate of drug-likeness (QED) is 0.259. The average molecular weight is 591 g/mol. The number of aromatic amines is 1. The fourth-order valence-corrected chi connectivity index (χ4v) is 6.87. The third-order valence-corrected chi connectivity index (χ3v) is 9.45. The number of aromatic nitrogens is 2. The van der Waals surface area contributed by atoms with Gasteiger partial charge in [0.15, 0.2) is 0 Å². The highest BCUT2D eigenvalue weighted by atomic mass is 32.1. The highest BCUT2D eigenvalue weighted by Crippen LogP contribution is 2.30. The van der Waals surface area contributed by atoms with Gasteiger partial charge in [-0.15, -0.1) is 11.3 Å². The summed E-state index contributed by atoms with van der Waals surface area (Å²) in [4.78, 5) is 34.1. The van der Waals surface area contributed by atoms with E-state index in [1.807, 2.05) is 53.4 Å². The van der Waals surface area contributed by atoms with Crippen LogP contribution in [0.25, 0.3) is 32.6 Å². The number of thiophene rings is 1. The number of anilines is 2. The van der Waals surface area contributed by atoms with Crippen molar-refractivity contribution in [2.24, 2.45) is 5.92 Å². The maximum absolute atomic E-state index is 13.2. The zero-order valence-corrected chi connectivity index (χ0v) is 24.7. The monoisotopic (exact) mass is 590 g/mol. The molecule has 0 aliphatic carbocycles. The van der Waals surface area contributed by atoms with Gasteiger partial charge in [-0.25, -0.2) is 0 Å². The van der Waals surface area contributed by atoms with Gasteiger partial charge in [-0.3, -0.25) is 19.6 Å². The molecule has 0 saturated carbocycles. The van der Waals surface area contributed by atoms with Crippen molar-refractivity contribution in [1.82, 2.24) is 20.0 Å². The van der Waals surface area contributed by atoms with Gasteiger partial charge in [-0.05, 0) is 60.3 Å². The Morgan fingerprint density at radius 1 is 0.884 bits per heavy atom. The molecule has 9 heteroatoms. The number of piperazine rings is 1. The van der Waals surface area contributed by atoms with E-state index < -0.39 is 0 Å². The molecule has 2 fully saturated rings. The molecular formula is C34H34N6O2S. The fourth-order valence-electron chi connectivity index (χ4n) is 6.15. The first-order valence-electron chi connectivity index (χ1n) is 14.8. The van der Waals surface area contributed by atoms with Crippen molar-refractivity contribution in [3.05, 3.63) is 90.3 Å². The van der Waals surface area contributed by atoms with Crippen LogP contribution in [0, 0.1) is 5.92 Å². The molecule has 0 radical (unpaired) electrons. The summed E-state index contributed by atoms with van der Waals surface area (Å²) in [5, 5.41) is 13.8. The molecule has 1 atom stereocenters. The second-order valence-corrected chi connectivity index (χ2v) is 12.3. The Morgan fingerprint density at radius 2 is 1.72 bits per heavy atom. The Bertz CT molecular complexity index is 1730. The van der Waals surface area contributed by atoms with Crippen molar-refractivity contribution in [2.75, 3.05) is 56.0 Å². The van der Waals surface area contributed by atoms with Crippen molar-refractivity contribution < 1.29 is 9.59 Å². The Balaban J connectivity index is 0.912. The zero-order chi connectivity index (χ0) is 29.2. The Hall–Kier alpha value is -4.47. The number of benzene rings is 3. The minimum absolute atomic E-state index is 0.00236. The highest BCUT2D eigenvalue weighted by molar-refractivity contribution is 7.13. The average Bonchev–Trinajstić information content (AvgIpc) is 3.83. The standard InChI is InChI=1S/C34H34N6O2S/c41-32(40-17-15-39(16-18-40)28-9-4-8-25(20-28)31-10-5-19-43-31)23-38-14-13-26(22-38)34(42)35-27-11-12-30-29(21-27)33(37-36-30)24-6-2-1-3-7-24/h1-12,19-21,26H,13-18,22-23H2,(H,35,42)(H,36,37)/t26-/m1/s1. The third-order valence-electron chi connectivity index (χ3n) is 8.53. The van der Waals surface area contributed by atoms with Crippen LogP contribution >= 0.6 is 11.3 Å². The van der Waals surface area contributed by atoms with Gasteiger partial charge in [0.1, 0.15) is 0 Å². The number of H-pyrrole nitrogens is 1.